The number of aromatic nitrogens is 4. The molecule has 0 atom stereocenters. The van der Waals surface area contributed by atoms with E-state index in [0.29, 0.717) is 22.3 Å². The van der Waals surface area contributed by atoms with Gasteiger partial charge in [0.25, 0.3) is 0 Å². The molecule has 28 heavy (non-hydrogen) atoms. The number of nitrogens with zero attached hydrogens (tertiary/aromatic N) is 4. The van der Waals surface area contributed by atoms with Crippen LogP contribution in [0.2, 0.25) is 0 Å². The number of tetrazole rings is 1. The molecule has 0 radical (unpaired) electrons. The minimum Gasteiger partial charge on any atom is -0.497 e. The van der Waals surface area contributed by atoms with Crippen LogP contribution in [0.25, 0.3) is 5.69 Å². The first kappa shape index (κ1) is 19.7. The molecule has 0 aliphatic rings. The van der Waals surface area contributed by atoms with Gasteiger partial charge in [-0.1, -0.05) is 30.0 Å². The highest BCUT2D eigenvalue weighted by atomic mass is 32.2. The van der Waals surface area contributed by atoms with E-state index < -0.39 is 0 Å². The van der Waals surface area contributed by atoms with Crippen LogP contribution in [0, 0.1) is 13.8 Å². The highest BCUT2D eigenvalue weighted by Crippen LogP contribution is 2.29. The molecule has 0 bridgehead atoms. The van der Waals surface area contributed by atoms with E-state index in [1.807, 2.05) is 32.0 Å². The number of carbonyl (C=O) groups excluding carboxylic acids is 1. The number of ether oxygens (including phenoxy) is 2. The Balaban J connectivity index is 1.73. The van der Waals surface area contributed by atoms with Crippen molar-refractivity contribution in [3.8, 4) is 17.2 Å². The number of anilines is 1. The second-order valence-corrected chi connectivity index (χ2v) is 6.96. The Morgan fingerprint density at radius 2 is 1.89 bits per heavy atom. The molecule has 1 aromatic heterocycles. The fourth-order valence-electron chi connectivity index (χ4n) is 2.78. The summed E-state index contributed by atoms with van der Waals surface area (Å²) in [4.78, 5) is 12.5. The summed E-state index contributed by atoms with van der Waals surface area (Å²) in [5, 5.41) is 15.3. The summed E-state index contributed by atoms with van der Waals surface area (Å²) in [5.74, 6) is 1.13. The van der Waals surface area contributed by atoms with Crippen molar-refractivity contribution in [2.24, 2.45) is 0 Å². The third-order valence-electron chi connectivity index (χ3n) is 4.11. The molecule has 1 N–H and O–H groups in total. The Labute approximate surface area is 167 Å². The quantitative estimate of drug-likeness (QED) is 0.611. The average Bonchev–Trinajstić information content (AvgIpc) is 3.14. The van der Waals surface area contributed by atoms with Gasteiger partial charge < -0.3 is 14.8 Å². The number of methoxy groups -OCH3 is 2. The van der Waals surface area contributed by atoms with Gasteiger partial charge in [-0.2, -0.15) is 4.68 Å². The first-order valence-corrected chi connectivity index (χ1v) is 9.51. The highest BCUT2D eigenvalue weighted by molar-refractivity contribution is 7.99. The van der Waals surface area contributed by atoms with Gasteiger partial charge >= 0.3 is 0 Å². The average molecular weight is 399 g/mol. The maximum atomic E-state index is 12.5. The highest BCUT2D eigenvalue weighted by Gasteiger charge is 2.16. The molecule has 146 valence electrons. The predicted octanol–water partition coefficient (Wildman–Crippen LogP) is 3.03. The van der Waals surface area contributed by atoms with Crippen molar-refractivity contribution in [1.82, 2.24) is 20.2 Å². The summed E-state index contributed by atoms with van der Waals surface area (Å²) in [7, 11) is 3.11. The number of benzene rings is 2. The van der Waals surface area contributed by atoms with E-state index in [0.717, 1.165) is 16.8 Å². The number of rotatable bonds is 7. The molecule has 9 heteroatoms. The number of amides is 1. The number of nitrogens with one attached hydrogen (secondary N) is 1. The topological polar surface area (TPSA) is 91.2 Å². The van der Waals surface area contributed by atoms with Crippen molar-refractivity contribution >= 4 is 23.4 Å². The summed E-state index contributed by atoms with van der Waals surface area (Å²) >= 11 is 1.26. The Hall–Kier alpha value is -3.07. The number of thioether (sulfide) groups is 1. The molecule has 0 unspecified atom stereocenters. The molecule has 8 nitrogen and oxygen atoms in total. The Morgan fingerprint density at radius 1 is 1.14 bits per heavy atom. The second kappa shape index (κ2) is 8.75. The van der Waals surface area contributed by atoms with Crippen molar-refractivity contribution in [1.29, 1.82) is 0 Å². The van der Waals surface area contributed by atoms with Gasteiger partial charge in [-0.05, 0) is 47.5 Å². The zero-order chi connectivity index (χ0) is 20.1. The minimum absolute atomic E-state index is 0.145. The summed E-state index contributed by atoms with van der Waals surface area (Å²) in [6.07, 6.45) is 0. The van der Waals surface area contributed by atoms with E-state index >= 15 is 0 Å². The summed E-state index contributed by atoms with van der Waals surface area (Å²) in [6.45, 7) is 4.00. The van der Waals surface area contributed by atoms with Crippen molar-refractivity contribution in [3.05, 3.63) is 47.5 Å². The van der Waals surface area contributed by atoms with Crippen molar-refractivity contribution in [2.75, 3.05) is 25.3 Å². The molecule has 0 aliphatic carbocycles. The third kappa shape index (κ3) is 4.25. The lowest BCUT2D eigenvalue weighted by molar-refractivity contribution is -0.113. The van der Waals surface area contributed by atoms with E-state index in [9.17, 15) is 4.79 Å². The molecule has 0 saturated heterocycles. The predicted molar refractivity (Wildman–Crippen MR) is 108 cm³/mol. The zero-order valence-electron chi connectivity index (χ0n) is 16.1. The van der Waals surface area contributed by atoms with E-state index in [-0.39, 0.29) is 11.7 Å². The molecule has 3 rings (SSSR count). The molecule has 0 saturated carbocycles. The van der Waals surface area contributed by atoms with Gasteiger partial charge in [0.1, 0.15) is 11.5 Å². The van der Waals surface area contributed by atoms with Crippen LogP contribution in [-0.2, 0) is 4.79 Å². The van der Waals surface area contributed by atoms with E-state index in [1.54, 1.807) is 37.1 Å². The molecular formula is C19H21N5O3S. The van der Waals surface area contributed by atoms with Crippen molar-refractivity contribution in [2.45, 2.75) is 19.0 Å². The number of hydrogen-bond acceptors (Lipinski definition) is 7. The standard InChI is InChI=1S/C19H21N5O3S/c1-12-6-5-7-13(2)18(12)24-19(21-22-23-24)28-11-17(25)20-15-10-14(26-3)8-9-16(15)27-4/h5-10H,11H2,1-4H3,(H,20,25). The molecule has 3 aromatic rings. The minimum atomic E-state index is -0.201. The number of hydrogen-bond donors (Lipinski definition) is 1. The third-order valence-corrected chi connectivity index (χ3v) is 5.02. The normalized spacial score (nSPS) is 10.6. The lowest BCUT2D eigenvalue weighted by Gasteiger charge is -2.12. The van der Waals surface area contributed by atoms with Gasteiger partial charge in [0.05, 0.1) is 31.3 Å². The Kier molecular flexibility index (Phi) is 6.15. The lowest BCUT2D eigenvalue weighted by atomic mass is 10.1. The first-order valence-electron chi connectivity index (χ1n) is 8.53. The van der Waals surface area contributed by atoms with E-state index in [2.05, 4.69) is 20.8 Å². The monoisotopic (exact) mass is 399 g/mol. The lowest BCUT2D eigenvalue weighted by Crippen LogP contribution is -2.15. The van der Waals surface area contributed by atoms with Crippen molar-refractivity contribution in [3.63, 3.8) is 0 Å². The van der Waals surface area contributed by atoms with Gasteiger partial charge in [0, 0.05) is 6.07 Å². The van der Waals surface area contributed by atoms with E-state index in [4.69, 9.17) is 9.47 Å². The summed E-state index contributed by atoms with van der Waals surface area (Å²) in [6, 6.07) is 11.2. The van der Waals surface area contributed by atoms with Gasteiger partial charge in [0.2, 0.25) is 11.1 Å². The fraction of sp³-hybridized carbons (Fsp3) is 0.263. The fourth-order valence-corrected chi connectivity index (χ4v) is 3.45. The SMILES string of the molecule is COc1ccc(OC)c(NC(=O)CSc2nnnn2-c2c(C)cccc2C)c1. The molecule has 0 spiro atoms. The van der Waals surface area contributed by atoms with Gasteiger partial charge in [-0.15, -0.1) is 5.10 Å². The van der Waals surface area contributed by atoms with Crippen LogP contribution in [-0.4, -0.2) is 46.1 Å². The Bertz CT molecular complexity index is 969. The maximum Gasteiger partial charge on any atom is 0.234 e. The largest absolute Gasteiger partial charge is 0.497 e. The first-order chi connectivity index (χ1) is 13.5. The molecular weight excluding hydrogens is 378 g/mol. The maximum absolute atomic E-state index is 12.5. The van der Waals surface area contributed by atoms with Crippen LogP contribution >= 0.6 is 11.8 Å². The number of carbonyl (C=O) groups is 1. The van der Waals surface area contributed by atoms with E-state index in [1.165, 1.54) is 11.8 Å². The van der Waals surface area contributed by atoms with Crippen molar-refractivity contribution < 1.29 is 14.3 Å². The van der Waals surface area contributed by atoms with Crippen LogP contribution in [0.1, 0.15) is 11.1 Å². The van der Waals surface area contributed by atoms with Gasteiger partial charge in [-0.3, -0.25) is 4.79 Å². The van der Waals surface area contributed by atoms with Crippen LogP contribution in [0.3, 0.4) is 0 Å². The van der Waals surface area contributed by atoms with Crippen LogP contribution < -0.4 is 14.8 Å². The number of para-hydroxylation sites is 1. The van der Waals surface area contributed by atoms with Crippen LogP contribution in [0.4, 0.5) is 5.69 Å². The molecule has 1 amide bonds. The van der Waals surface area contributed by atoms with Gasteiger partial charge in [0.15, 0.2) is 0 Å². The van der Waals surface area contributed by atoms with Gasteiger partial charge in [-0.25, -0.2) is 0 Å². The molecule has 1 heterocycles. The summed E-state index contributed by atoms with van der Waals surface area (Å²) in [5.41, 5.74) is 3.58. The second-order valence-electron chi connectivity index (χ2n) is 6.02. The zero-order valence-corrected chi connectivity index (χ0v) is 16.9. The van der Waals surface area contributed by atoms with Crippen LogP contribution in [0.15, 0.2) is 41.6 Å². The molecule has 0 aliphatic heterocycles. The number of aryl methyl sites for hydroxylation is 2. The molecule has 0 fully saturated rings. The summed E-state index contributed by atoms with van der Waals surface area (Å²) < 4.78 is 12.1. The van der Waals surface area contributed by atoms with Crippen LogP contribution in [0.5, 0.6) is 11.5 Å². The molecule has 2 aromatic carbocycles. The smallest absolute Gasteiger partial charge is 0.234 e. The Morgan fingerprint density at radius 3 is 2.57 bits per heavy atom.